The van der Waals surface area contributed by atoms with Crippen LogP contribution in [0.3, 0.4) is 0 Å². The molecule has 0 radical (unpaired) electrons. The molecule has 1 aromatic carbocycles. The Morgan fingerprint density at radius 3 is 2.55 bits per heavy atom. The maximum atomic E-state index is 13.2. The summed E-state index contributed by atoms with van der Waals surface area (Å²) in [6.07, 6.45) is 0.215. The van der Waals surface area contributed by atoms with Crippen LogP contribution in [0.25, 0.3) is 0 Å². The molecule has 2 rings (SSSR count). The number of carbonyl (C=O) groups excluding carboxylic acids is 1. The average molecular weight is 284 g/mol. The van der Waals surface area contributed by atoms with Gasteiger partial charge in [-0.15, -0.1) is 0 Å². The monoisotopic (exact) mass is 284 g/mol. The fourth-order valence-electron chi connectivity index (χ4n) is 2.05. The molecule has 1 aliphatic rings. The van der Waals surface area contributed by atoms with E-state index in [2.05, 4.69) is 5.32 Å². The second-order valence-electron chi connectivity index (χ2n) is 5.44. The number of carbonyl (C=O) groups is 1. The summed E-state index contributed by atoms with van der Waals surface area (Å²) in [5, 5.41) is 13.2. The molecule has 1 aliphatic carbocycles. The lowest BCUT2D eigenvalue weighted by molar-refractivity contribution is -0.497. The lowest BCUT2D eigenvalue weighted by Crippen LogP contribution is -2.42. The summed E-state index contributed by atoms with van der Waals surface area (Å²) in [5.41, 5.74) is -0.543. The number of nitrogens with zero attached hydrogens (tertiary/aromatic N) is 1. The number of rotatable bonds is 4. The minimum absolute atomic E-state index is 0.215. The van der Waals surface area contributed by atoms with Gasteiger partial charge in [0.05, 0.1) is 5.54 Å². The Morgan fingerprint density at radius 1 is 1.40 bits per heavy atom. The Hall–Kier alpha value is -2.05. The molecule has 0 saturated heterocycles. The van der Waals surface area contributed by atoms with Gasteiger partial charge in [-0.05, 0) is 31.5 Å². The SMILES string of the molecule is CC(C)(NC(=O)[C@H]1C[C@@H]1[N+](=O)[O-])c1ccc(F)c(F)c1. The first-order valence-corrected chi connectivity index (χ1v) is 6.13. The van der Waals surface area contributed by atoms with Crippen molar-refractivity contribution in [1.29, 1.82) is 0 Å². The number of hydrogen-bond acceptors (Lipinski definition) is 3. The summed E-state index contributed by atoms with van der Waals surface area (Å²) >= 11 is 0. The Balaban J connectivity index is 2.09. The van der Waals surface area contributed by atoms with Crippen molar-refractivity contribution in [1.82, 2.24) is 5.32 Å². The molecule has 108 valence electrons. The number of nitrogens with one attached hydrogen (secondary N) is 1. The summed E-state index contributed by atoms with van der Waals surface area (Å²) in [6, 6.07) is 2.52. The van der Waals surface area contributed by atoms with Gasteiger partial charge >= 0.3 is 0 Å². The zero-order chi connectivity index (χ0) is 15.1. The molecule has 0 aliphatic heterocycles. The van der Waals surface area contributed by atoms with Crippen molar-refractivity contribution in [3.05, 3.63) is 45.5 Å². The third-order valence-corrected chi connectivity index (χ3v) is 3.44. The number of nitro groups is 1. The molecule has 7 heteroatoms. The van der Waals surface area contributed by atoms with E-state index in [4.69, 9.17) is 0 Å². The molecule has 0 aromatic heterocycles. The van der Waals surface area contributed by atoms with Crippen LogP contribution in [0, 0.1) is 27.7 Å². The predicted octanol–water partition coefficient (Wildman–Crippen LogP) is 1.98. The molecule has 0 unspecified atom stereocenters. The van der Waals surface area contributed by atoms with Crippen molar-refractivity contribution in [2.75, 3.05) is 0 Å². The molecule has 0 bridgehead atoms. The molecule has 0 spiro atoms. The van der Waals surface area contributed by atoms with E-state index in [0.717, 1.165) is 12.1 Å². The topological polar surface area (TPSA) is 72.2 Å². The molecule has 1 aromatic rings. The van der Waals surface area contributed by atoms with E-state index in [0.29, 0.717) is 5.56 Å². The Labute approximate surface area is 114 Å². The van der Waals surface area contributed by atoms with Crippen molar-refractivity contribution in [3.8, 4) is 0 Å². The highest BCUT2D eigenvalue weighted by molar-refractivity contribution is 5.82. The summed E-state index contributed by atoms with van der Waals surface area (Å²) in [7, 11) is 0. The van der Waals surface area contributed by atoms with Crippen LogP contribution in [0.5, 0.6) is 0 Å². The van der Waals surface area contributed by atoms with Crippen molar-refractivity contribution in [2.24, 2.45) is 5.92 Å². The van der Waals surface area contributed by atoms with Gasteiger partial charge in [0.2, 0.25) is 11.9 Å². The molecular weight excluding hydrogens is 270 g/mol. The van der Waals surface area contributed by atoms with Gasteiger partial charge in [-0.3, -0.25) is 14.9 Å². The van der Waals surface area contributed by atoms with Gasteiger partial charge in [-0.25, -0.2) is 8.78 Å². The molecule has 1 amide bonds. The van der Waals surface area contributed by atoms with Gasteiger partial charge in [0.15, 0.2) is 11.6 Å². The summed E-state index contributed by atoms with van der Waals surface area (Å²) in [6.45, 7) is 3.25. The van der Waals surface area contributed by atoms with E-state index in [1.165, 1.54) is 6.07 Å². The summed E-state index contributed by atoms with van der Waals surface area (Å²) in [4.78, 5) is 21.9. The van der Waals surface area contributed by atoms with Crippen LogP contribution >= 0.6 is 0 Å². The van der Waals surface area contributed by atoms with Crippen LogP contribution in [0.2, 0.25) is 0 Å². The molecule has 1 fully saturated rings. The highest BCUT2D eigenvalue weighted by atomic mass is 19.2. The van der Waals surface area contributed by atoms with Crippen LogP contribution in [0.15, 0.2) is 18.2 Å². The maximum absolute atomic E-state index is 13.2. The highest BCUT2D eigenvalue weighted by Gasteiger charge is 2.54. The van der Waals surface area contributed by atoms with Crippen molar-refractivity contribution < 1.29 is 18.5 Å². The minimum Gasteiger partial charge on any atom is -0.347 e. The first kappa shape index (κ1) is 14.4. The summed E-state index contributed by atoms with van der Waals surface area (Å²) in [5.74, 6) is -3.05. The third-order valence-electron chi connectivity index (χ3n) is 3.44. The molecule has 20 heavy (non-hydrogen) atoms. The van der Waals surface area contributed by atoms with Crippen LogP contribution in [-0.2, 0) is 10.3 Å². The molecular formula is C13H14F2N2O3. The largest absolute Gasteiger partial charge is 0.347 e. The molecule has 0 heterocycles. The van der Waals surface area contributed by atoms with Crippen LogP contribution < -0.4 is 5.32 Å². The van der Waals surface area contributed by atoms with Crippen LogP contribution in [-0.4, -0.2) is 16.9 Å². The minimum atomic E-state index is -1.00. The Bertz CT molecular complexity index is 575. The van der Waals surface area contributed by atoms with Crippen LogP contribution in [0.4, 0.5) is 8.78 Å². The fraction of sp³-hybridized carbons (Fsp3) is 0.462. The zero-order valence-corrected chi connectivity index (χ0v) is 11.0. The van der Waals surface area contributed by atoms with Gasteiger partial charge in [0.1, 0.15) is 5.92 Å². The van der Waals surface area contributed by atoms with Gasteiger partial charge in [-0.2, -0.15) is 0 Å². The first-order chi connectivity index (χ1) is 9.22. The average Bonchev–Trinajstić information content (AvgIpc) is 3.12. The Morgan fingerprint density at radius 2 is 2.05 bits per heavy atom. The quantitative estimate of drug-likeness (QED) is 0.678. The van der Waals surface area contributed by atoms with E-state index >= 15 is 0 Å². The standard InChI is InChI=1S/C13H14F2N2O3/c1-13(2,7-3-4-9(14)10(15)5-7)16-12(18)8-6-11(8)17(19)20/h3-5,8,11H,6H2,1-2H3,(H,16,18)/t8-,11-/m0/s1. The van der Waals surface area contributed by atoms with E-state index in [9.17, 15) is 23.7 Å². The maximum Gasteiger partial charge on any atom is 0.231 e. The number of benzene rings is 1. The highest BCUT2D eigenvalue weighted by Crippen LogP contribution is 2.34. The second-order valence-corrected chi connectivity index (χ2v) is 5.44. The van der Waals surface area contributed by atoms with Crippen molar-refractivity contribution >= 4 is 5.91 Å². The Kier molecular flexibility index (Phi) is 3.45. The van der Waals surface area contributed by atoms with Gasteiger partial charge in [-0.1, -0.05) is 6.07 Å². The second kappa shape index (κ2) is 4.81. The van der Waals surface area contributed by atoms with Crippen LogP contribution in [0.1, 0.15) is 25.8 Å². The predicted molar refractivity (Wildman–Crippen MR) is 66.4 cm³/mol. The normalized spacial score (nSPS) is 21.4. The zero-order valence-electron chi connectivity index (χ0n) is 11.0. The van der Waals surface area contributed by atoms with Gasteiger partial charge in [0.25, 0.3) is 0 Å². The van der Waals surface area contributed by atoms with Crippen molar-refractivity contribution in [3.63, 3.8) is 0 Å². The molecule has 2 atom stereocenters. The van der Waals surface area contributed by atoms with Gasteiger partial charge < -0.3 is 5.32 Å². The smallest absolute Gasteiger partial charge is 0.231 e. The van der Waals surface area contributed by atoms with E-state index in [1.54, 1.807) is 13.8 Å². The number of halogens is 2. The third kappa shape index (κ3) is 2.76. The number of amides is 1. The lowest BCUT2D eigenvalue weighted by atomic mass is 9.94. The first-order valence-electron chi connectivity index (χ1n) is 6.13. The number of hydrogen-bond donors (Lipinski definition) is 1. The van der Waals surface area contributed by atoms with Crippen molar-refractivity contribution in [2.45, 2.75) is 31.8 Å². The van der Waals surface area contributed by atoms with E-state index < -0.39 is 40.0 Å². The van der Waals surface area contributed by atoms with E-state index in [1.807, 2.05) is 0 Å². The molecule has 5 nitrogen and oxygen atoms in total. The van der Waals surface area contributed by atoms with E-state index in [-0.39, 0.29) is 6.42 Å². The summed E-state index contributed by atoms with van der Waals surface area (Å²) < 4.78 is 26.1. The van der Waals surface area contributed by atoms with Gasteiger partial charge in [0, 0.05) is 11.3 Å². The lowest BCUT2D eigenvalue weighted by Gasteiger charge is -2.27. The molecule has 1 saturated carbocycles. The molecule has 1 N–H and O–H groups in total. The fourth-order valence-corrected chi connectivity index (χ4v) is 2.05.